The highest BCUT2D eigenvalue weighted by atomic mass is 35.5. The predicted octanol–water partition coefficient (Wildman–Crippen LogP) is 4.51. The zero-order valence-electron chi connectivity index (χ0n) is 12.5. The van der Waals surface area contributed by atoms with Gasteiger partial charge in [0.15, 0.2) is 5.16 Å². The molecule has 0 atom stereocenters. The van der Waals surface area contributed by atoms with Crippen molar-refractivity contribution in [3.05, 3.63) is 56.6 Å². The topological polar surface area (TPSA) is 101 Å². The number of hydrogen-bond acceptors (Lipinski definition) is 5. The average Bonchev–Trinajstić information content (AvgIpc) is 2.98. The van der Waals surface area contributed by atoms with Crippen LogP contribution < -0.4 is 5.32 Å². The summed E-state index contributed by atoms with van der Waals surface area (Å²) in [5.41, 5.74) is 1.53. The second kappa shape index (κ2) is 7.30. The first-order valence-corrected chi connectivity index (χ1v) is 8.68. The number of aromatic amines is 1. The number of rotatable bonds is 5. The number of H-pyrrole nitrogens is 1. The number of nitro groups is 1. The molecule has 0 saturated carbocycles. The van der Waals surface area contributed by atoms with E-state index < -0.39 is 4.92 Å². The Balaban J connectivity index is 1.66. The van der Waals surface area contributed by atoms with Gasteiger partial charge in [-0.05, 0) is 24.3 Å². The summed E-state index contributed by atoms with van der Waals surface area (Å²) in [6.45, 7) is 0. The standard InChI is InChI=1S/C15H10Cl2N4O3S/c16-8-1-3-10(17)12(5-8)18-14(22)7-25-15-19-11-4-2-9(21(23)24)6-13(11)20-15/h1-6H,7H2,(H,18,22)(H,19,20). The smallest absolute Gasteiger partial charge is 0.271 e. The number of nitrogens with one attached hydrogen (secondary N) is 2. The van der Waals surface area contributed by atoms with Crippen LogP contribution in [0, 0.1) is 10.1 Å². The van der Waals surface area contributed by atoms with Crippen LogP contribution in [0.4, 0.5) is 11.4 Å². The minimum absolute atomic E-state index is 0.0268. The van der Waals surface area contributed by atoms with Gasteiger partial charge in [-0.25, -0.2) is 4.98 Å². The molecular formula is C15H10Cl2N4O3S. The minimum Gasteiger partial charge on any atom is -0.333 e. The van der Waals surface area contributed by atoms with Crippen molar-refractivity contribution in [3.63, 3.8) is 0 Å². The first kappa shape index (κ1) is 17.5. The van der Waals surface area contributed by atoms with E-state index >= 15 is 0 Å². The average molecular weight is 397 g/mol. The maximum absolute atomic E-state index is 12.0. The third-order valence-electron chi connectivity index (χ3n) is 3.20. The van der Waals surface area contributed by atoms with E-state index in [1.165, 1.54) is 23.9 Å². The number of hydrogen-bond donors (Lipinski definition) is 2. The second-order valence-electron chi connectivity index (χ2n) is 4.96. The van der Waals surface area contributed by atoms with E-state index in [-0.39, 0.29) is 17.3 Å². The van der Waals surface area contributed by atoms with Gasteiger partial charge in [0.05, 0.1) is 32.4 Å². The zero-order valence-corrected chi connectivity index (χ0v) is 14.8. The number of anilines is 1. The van der Waals surface area contributed by atoms with Crippen LogP contribution in [0.2, 0.25) is 10.0 Å². The van der Waals surface area contributed by atoms with Gasteiger partial charge >= 0.3 is 0 Å². The lowest BCUT2D eigenvalue weighted by Crippen LogP contribution is -2.14. The van der Waals surface area contributed by atoms with Gasteiger partial charge < -0.3 is 10.3 Å². The van der Waals surface area contributed by atoms with Crippen LogP contribution in [-0.2, 0) is 4.79 Å². The van der Waals surface area contributed by atoms with Crippen LogP contribution >= 0.6 is 35.0 Å². The molecule has 1 heterocycles. The molecule has 1 amide bonds. The summed E-state index contributed by atoms with van der Waals surface area (Å²) in [7, 11) is 0. The van der Waals surface area contributed by atoms with Crippen molar-refractivity contribution in [1.29, 1.82) is 0 Å². The van der Waals surface area contributed by atoms with Gasteiger partial charge in [0.25, 0.3) is 5.69 Å². The van der Waals surface area contributed by atoms with Crippen molar-refractivity contribution in [3.8, 4) is 0 Å². The normalized spacial score (nSPS) is 10.8. The minimum atomic E-state index is -0.477. The summed E-state index contributed by atoms with van der Waals surface area (Å²) in [5, 5.41) is 14.8. The number of imidazole rings is 1. The van der Waals surface area contributed by atoms with Crippen molar-refractivity contribution in [1.82, 2.24) is 9.97 Å². The number of non-ortho nitro benzene ring substituents is 1. The Kier molecular flexibility index (Phi) is 5.12. The predicted molar refractivity (Wildman–Crippen MR) is 98.6 cm³/mol. The monoisotopic (exact) mass is 396 g/mol. The highest BCUT2D eigenvalue weighted by molar-refractivity contribution is 7.99. The van der Waals surface area contributed by atoms with E-state index in [1.54, 1.807) is 24.3 Å². The molecule has 10 heteroatoms. The van der Waals surface area contributed by atoms with Crippen LogP contribution in [0.25, 0.3) is 11.0 Å². The molecule has 0 aliphatic carbocycles. The molecular weight excluding hydrogens is 387 g/mol. The van der Waals surface area contributed by atoms with Gasteiger partial charge in [-0.2, -0.15) is 0 Å². The lowest BCUT2D eigenvalue weighted by Gasteiger charge is -2.06. The lowest BCUT2D eigenvalue weighted by molar-refractivity contribution is -0.384. The molecule has 0 spiro atoms. The van der Waals surface area contributed by atoms with Crippen molar-refractivity contribution < 1.29 is 9.72 Å². The van der Waals surface area contributed by atoms with Crippen molar-refractivity contribution in [2.24, 2.45) is 0 Å². The van der Waals surface area contributed by atoms with Gasteiger partial charge in [-0.3, -0.25) is 14.9 Å². The molecule has 2 aromatic carbocycles. The molecule has 0 bridgehead atoms. The lowest BCUT2D eigenvalue weighted by atomic mass is 10.3. The van der Waals surface area contributed by atoms with E-state index in [9.17, 15) is 14.9 Å². The molecule has 0 fully saturated rings. The van der Waals surface area contributed by atoms with E-state index in [4.69, 9.17) is 23.2 Å². The molecule has 128 valence electrons. The van der Waals surface area contributed by atoms with E-state index in [1.807, 2.05) is 0 Å². The van der Waals surface area contributed by atoms with Gasteiger partial charge in [-0.1, -0.05) is 35.0 Å². The third kappa shape index (κ3) is 4.22. The second-order valence-corrected chi connectivity index (χ2v) is 6.77. The quantitative estimate of drug-likeness (QED) is 0.375. The van der Waals surface area contributed by atoms with Crippen LogP contribution in [0.3, 0.4) is 0 Å². The van der Waals surface area contributed by atoms with Crippen molar-refractivity contribution in [2.75, 3.05) is 11.1 Å². The molecule has 0 radical (unpaired) electrons. The highest BCUT2D eigenvalue weighted by Crippen LogP contribution is 2.26. The fourth-order valence-electron chi connectivity index (χ4n) is 2.07. The number of carbonyl (C=O) groups is 1. The fourth-order valence-corrected chi connectivity index (χ4v) is 3.09. The number of fused-ring (bicyclic) bond motifs is 1. The van der Waals surface area contributed by atoms with Gasteiger partial charge in [0.1, 0.15) is 0 Å². The van der Waals surface area contributed by atoms with Crippen molar-refractivity contribution in [2.45, 2.75) is 5.16 Å². The SMILES string of the molecule is O=C(CSc1nc2ccc([N+](=O)[O-])cc2[nH]1)Nc1cc(Cl)ccc1Cl. The summed E-state index contributed by atoms with van der Waals surface area (Å²) in [4.78, 5) is 29.6. The van der Waals surface area contributed by atoms with E-state index in [2.05, 4.69) is 15.3 Å². The largest absolute Gasteiger partial charge is 0.333 e. The molecule has 0 saturated heterocycles. The number of nitro benzene ring substituents is 1. The summed E-state index contributed by atoms with van der Waals surface area (Å²) >= 11 is 13.0. The Bertz CT molecular complexity index is 977. The Morgan fingerprint density at radius 3 is 2.84 bits per heavy atom. The number of thioether (sulfide) groups is 1. The maximum atomic E-state index is 12.0. The Morgan fingerprint density at radius 1 is 1.28 bits per heavy atom. The molecule has 25 heavy (non-hydrogen) atoms. The molecule has 0 aliphatic rings. The van der Waals surface area contributed by atoms with Crippen molar-refractivity contribution >= 4 is 63.3 Å². The molecule has 3 aromatic rings. The van der Waals surface area contributed by atoms with Gasteiger partial charge in [0, 0.05) is 17.2 Å². The number of amides is 1. The van der Waals surface area contributed by atoms with Gasteiger partial charge in [-0.15, -0.1) is 0 Å². The molecule has 0 aliphatic heterocycles. The number of carbonyl (C=O) groups excluding carboxylic acids is 1. The van der Waals surface area contributed by atoms with Crippen LogP contribution in [0.1, 0.15) is 0 Å². The first-order valence-electron chi connectivity index (χ1n) is 6.94. The number of halogens is 2. The van der Waals surface area contributed by atoms with E-state index in [0.717, 1.165) is 0 Å². The molecule has 7 nitrogen and oxygen atoms in total. The summed E-state index contributed by atoms with van der Waals surface area (Å²) < 4.78 is 0. The molecule has 0 unspecified atom stereocenters. The highest BCUT2D eigenvalue weighted by Gasteiger charge is 2.12. The molecule has 3 rings (SSSR count). The molecule has 2 N–H and O–H groups in total. The number of nitrogens with zero attached hydrogens (tertiary/aromatic N) is 2. The summed E-state index contributed by atoms with van der Waals surface area (Å²) in [6.07, 6.45) is 0. The number of benzene rings is 2. The van der Waals surface area contributed by atoms with Crippen LogP contribution in [0.15, 0.2) is 41.6 Å². The van der Waals surface area contributed by atoms with Crippen LogP contribution in [0.5, 0.6) is 0 Å². The zero-order chi connectivity index (χ0) is 18.0. The summed E-state index contributed by atoms with van der Waals surface area (Å²) in [5.74, 6) is -0.189. The Labute approximate surface area is 155 Å². The van der Waals surface area contributed by atoms with Crippen LogP contribution in [-0.4, -0.2) is 26.6 Å². The maximum Gasteiger partial charge on any atom is 0.271 e. The first-order chi connectivity index (χ1) is 11.9. The number of aromatic nitrogens is 2. The van der Waals surface area contributed by atoms with Gasteiger partial charge in [0.2, 0.25) is 5.91 Å². The fraction of sp³-hybridized carbons (Fsp3) is 0.0667. The third-order valence-corrected chi connectivity index (χ3v) is 4.64. The molecule has 1 aromatic heterocycles. The Morgan fingerprint density at radius 2 is 2.08 bits per heavy atom. The Hall–Kier alpha value is -2.29. The summed E-state index contributed by atoms with van der Waals surface area (Å²) in [6, 6.07) is 9.12. The van der Waals surface area contributed by atoms with E-state index in [0.29, 0.717) is 31.9 Å².